The van der Waals surface area contributed by atoms with Crippen LogP contribution >= 0.6 is 11.3 Å². The van der Waals surface area contributed by atoms with Gasteiger partial charge in [0.1, 0.15) is 0 Å². The van der Waals surface area contributed by atoms with Gasteiger partial charge in [0.2, 0.25) is 0 Å². The van der Waals surface area contributed by atoms with Crippen LogP contribution in [0, 0.1) is 0 Å². The molecule has 110 valence electrons. The van der Waals surface area contributed by atoms with Crippen LogP contribution in [0.5, 0.6) is 0 Å². The zero-order valence-electron chi connectivity index (χ0n) is 21.9. The molecule has 1 aromatic rings. The topological polar surface area (TPSA) is 21.7 Å². The molecule has 0 saturated carbocycles. The predicted molar refractivity (Wildman–Crippen MR) is 86.1 cm³/mol. The lowest BCUT2D eigenvalue weighted by atomic mass is 9.88. The average Bonchev–Trinajstić information content (AvgIpc) is 3.08. The van der Waals surface area contributed by atoms with Crippen molar-refractivity contribution in [3.05, 3.63) is 12.1 Å². The van der Waals surface area contributed by atoms with Gasteiger partial charge in [-0.2, -0.15) is 0 Å². The van der Waals surface area contributed by atoms with Crippen molar-refractivity contribution in [1.82, 2.24) is 0 Å². The van der Waals surface area contributed by atoms with Gasteiger partial charge in [-0.1, -0.05) is 0 Å². The molecule has 3 heterocycles. The van der Waals surface area contributed by atoms with Gasteiger partial charge in [-0.05, 0) is 58.9 Å². The Bertz CT molecular complexity index is 810. The van der Waals surface area contributed by atoms with Crippen LogP contribution in [-0.4, -0.2) is 31.3 Å². The van der Waals surface area contributed by atoms with Crippen molar-refractivity contribution in [2.24, 2.45) is 0 Å². The van der Waals surface area contributed by atoms with Gasteiger partial charge in [-0.25, -0.2) is 0 Å². The molecule has 0 bridgehead atoms. The summed E-state index contributed by atoms with van der Waals surface area (Å²) >= 11 is 0.884. The largest absolute Gasteiger partial charge is 0.505 e. The van der Waals surface area contributed by atoms with E-state index in [0.29, 0.717) is 9.68 Å². The Labute approximate surface area is 140 Å². The first kappa shape index (κ1) is 6.72. The first-order valence-corrected chi connectivity index (χ1v) is 7.22. The fraction of sp³-hybridized carbons (Fsp3) is 0.733. The number of hydrogen-bond donors (Lipinski definition) is 0. The molecule has 2 aliphatic rings. The molecular formula is C15H24BNO2S. The lowest BCUT2D eigenvalue weighted by Gasteiger charge is -2.32. The second kappa shape index (κ2) is 5.04. The van der Waals surface area contributed by atoms with Gasteiger partial charge in [0.25, 0.3) is 0 Å². The summed E-state index contributed by atoms with van der Waals surface area (Å²) in [5.41, 5.74) is -1.28. The molecule has 0 radical (unpaired) electrons. The van der Waals surface area contributed by atoms with Crippen molar-refractivity contribution >= 4 is 28.2 Å². The van der Waals surface area contributed by atoms with E-state index in [1.165, 1.54) is 12.1 Å². The van der Waals surface area contributed by atoms with E-state index in [1.807, 2.05) is 27.7 Å². The molecule has 0 aromatic carbocycles. The van der Waals surface area contributed by atoms with Crippen LogP contribution < -0.4 is 9.68 Å². The van der Waals surface area contributed by atoms with Crippen molar-refractivity contribution in [3.8, 4) is 0 Å². The summed E-state index contributed by atoms with van der Waals surface area (Å²) in [4.78, 5) is 0.362. The normalized spacial score (nSPS) is 45.2. The lowest BCUT2D eigenvalue weighted by Crippen LogP contribution is -2.41. The maximum Gasteiger partial charge on any atom is 0.505 e. The number of rotatable bonds is 2. The van der Waals surface area contributed by atoms with Gasteiger partial charge in [0.15, 0.2) is 0 Å². The van der Waals surface area contributed by atoms with Gasteiger partial charge in [0, 0.05) is 31.5 Å². The molecule has 1 aromatic heterocycles. The smallest absolute Gasteiger partial charge is 0.399 e. The Hall–Kier alpha value is -0.515. The van der Waals surface area contributed by atoms with Crippen molar-refractivity contribution in [3.63, 3.8) is 0 Å². The summed E-state index contributed by atoms with van der Waals surface area (Å²) in [6, 6.07) is 2.87. The Morgan fingerprint density at radius 2 is 1.70 bits per heavy atom. The summed E-state index contributed by atoms with van der Waals surface area (Å²) in [5, 5.41) is -0.0991. The number of hydrogen-bond acceptors (Lipinski definition) is 4. The molecule has 5 heteroatoms. The first-order chi connectivity index (χ1) is 13.2. The van der Waals surface area contributed by atoms with E-state index in [0.717, 1.165) is 11.3 Å². The minimum Gasteiger partial charge on any atom is -0.399 e. The molecule has 2 aliphatic heterocycles. The summed E-state index contributed by atoms with van der Waals surface area (Å²) < 4.78 is 93.4. The number of nitrogens with zero attached hydrogens (tertiary/aromatic N) is 1. The summed E-state index contributed by atoms with van der Waals surface area (Å²) in [6.07, 6.45) is -10.2. The van der Waals surface area contributed by atoms with E-state index in [4.69, 9.17) is 23.0 Å². The Kier molecular flexibility index (Phi) is 1.69. The van der Waals surface area contributed by atoms with Crippen LogP contribution in [0.4, 0.5) is 5.00 Å². The maximum atomic E-state index is 8.27. The molecule has 20 heavy (non-hydrogen) atoms. The molecule has 0 N–H and O–H groups in total. The zero-order chi connectivity index (χ0) is 23.3. The molecule has 0 atom stereocenters. The van der Waals surface area contributed by atoms with Crippen LogP contribution in [0.15, 0.2) is 12.1 Å². The summed E-state index contributed by atoms with van der Waals surface area (Å²) in [5.74, 6) is 0. The highest BCUT2D eigenvalue weighted by molar-refractivity contribution is 7.25. The third-order valence-electron chi connectivity index (χ3n) is 3.78. The molecule has 2 saturated heterocycles. The second-order valence-electron chi connectivity index (χ2n) is 5.70. The van der Waals surface area contributed by atoms with Crippen LogP contribution in [0.2, 0.25) is 0 Å². The van der Waals surface area contributed by atoms with Crippen molar-refractivity contribution in [2.45, 2.75) is 58.0 Å². The van der Waals surface area contributed by atoms with Crippen LogP contribution in [0.25, 0.3) is 0 Å². The van der Waals surface area contributed by atoms with Crippen LogP contribution in [0.3, 0.4) is 0 Å². The van der Waals surface area contributed by atoms with Crippen LogP contribution in [0.1, 0.15) is 60.5 Å². The molecule has 0 aliphatic carbocycles. The van der Waals surface area contributed by atoms with Gasteiger partial charge in [-0.15, -0.1) is 11.3 Å². The number of anilines is 1. The molecule has 3 nitrogen and oxygen atoms in total. The van der Waals surface area contributed by atoms with E-state index < -0.39 is 50.4 Å². The lowest BCUT2D eigenvalue weighted by molar-refractivity contribution is 0.00578. The van der Waals surface area contributed by atoms with Gasteiger partial charge < -0.3 is 14.2 Å². The van der Waals surface area contributed by atoms with Gasteiger partial charge in [-0.3, -0.25) is 0 Å². The number of piperidine rings is 1. The molecule has 0 spiro atoms. The molecule has 0 unspecified atom stereocenters. The Morgan fingerprint density at radius 1 is 1.10 bits per heavy atom. The second-order valence-corrected chi connectivity index (χ2v) is 6.79. The van der Waals surface area contributed by atoms with Crippen molar-refractivity contribution in [2.75, 3.05) is 17.9 Å². The molecule has 0 amide bonds. The standard InChI is InChI=1S/C15H24BNO2S/c1-14(2)15(3,4)19-16(18-14)12-8-9-13(20-12)17-10-6-5-7-11-17/h8-9H,5-7,10-11H2,1-4H3/i5D2,6D2,7D2,10D2,11D2. The van der Waals surface area contributed by atoms with E-state index in [9.17, 15) is 0 Å². The van der Waals surface area contributed by atoms with E-state index in [-0.39, 0.29) is 5.00 Å². The predicted octanol–water partition coefficient (Wildman–Crippen LogP) is 3.04. The highest BCUT2D eigenvalue weighted by Crippen LogP contribution is 2.37. The first-order valence-electron chi connectivity index (χ1n) is 11.4. The Balaban J connectivity index is 2.08. The maximum absolute atomic E-state index is 8.27. The van der Waals surface area contributed by atoms with Gasteiger partial charge >= 0.3 is 7.12 Å². The third kappa shape index (κ3) is 2.51. The molecule has 2 fully saturated rings. The SMILES string of the molecule is [2H]C1([2H])N(c2ccc(B3OC(C)(C)C(C)(C)O3)s2)C([2H])([2H])C([2H])([2H])C([2H])([2H])C1([2H])[2H]. The zero-order valence-corrected chi connectivity index (χ0v) is 12.7. The van der Waals surface area contributed by atoms with Crippen LogP contribution in [-0.2, 0) is 9.31 Å². The average molecular weight is 303 g/mol. The quantitative estimate of drug-likeness (QED) is 0.784. The van der Waals surface area contributed by atoms with E-state index in [1.54, 1.807) is 0 Å². The third-order valence-corrected chi connectivity index (χ3v) is 4.87. The minimum absolute atomic E-state index is 0.0991. The van der Waals surface area contributed by atoms with Gasteiger partial charge in [0.05, 0.1) is 16.2 Å². The fourth-order valence-corrected chi connectivity index (χ4v) is 2.77. The van der Waals surface area contributed by atoms with Crippen molar-refractivity contribution in [1.29, 1.82) is 0 Å². The molecular weight excluding hydrogens is 269 g/mol. The molecule has 3 rings (SSSR count). The van der Waals surface area contributed by atoms with Crippen molar-refractivity contribution < 1.29 is 23.0 Å². The highest BCUT2D eigenvalue weighted by atomic mass is 32.1. The highest BCUT2D eigenvalue weighted by Gasteiger charge is 2.52. The number of thiophene rings is 1. The Morgan fingerprint density at radius 3 is 2.30 bits per heavy atom. The minimum atomic E-state index is -3.44. The fourth-order valence-electron chi connectivity index (χ4n) is 1.89. The summed E-state index contributed by atoms with van der Waals surface area (Å²) in [6.45, 7) is 1.04. The monoisotopic (exact) mass is 303 g/mol. The van der Waals surface area contributed by atoms with E-state index >= 15 is 0 Å². The summed E-state index contributed by atoms with van der Waals surface area (Å²) in [7, 11) is -0.810. The van der Waals surface area contributed by atoms with E-state index in [2.05, 4.69) is 0 Å².